The van der Waals surface area contributed by atoms with Crippen LogP contribution in [0.1, 0.15) is 25.8 Å². The smallest absolute Gasteiger partial charge is 0.240 e. The third kappa shape index (κ3) is 4.95. The Hall–Kier alpha value is -1.73. The second-order valence-electron chi connectivity index (χ2n) is 4.74. The molecule has 0 N–H and O–H groups in total. The number of hydrogen-bond donors (Lipinski definition) is 0. The minimum absolute atomic E-state index is 0.126. The second kappa shape index (κ2) is 8.53. The Morgan fingerprint density at radius 3 is 2.62 bits per heavy atom. The van der Waals surface area contributed by atoms with E-state index in [9.17, 15) is 4.79 Å². The first kappa shape index (κ1) is 17.3. The molecule has 0 aliphatic carbocycles. The molecule has 4 nitrogen and oxygen atoms in total. The number of hydrogen-bond acceptors (Lipinski definition) is 3. The van der Waals surface area contributed by atoms with Crippen LogP contribution >= 0.6 is 11.6 Å². The summed E-state index contributed by atoms with van der Waals surface area (Å²) in [6.07, 6.45) is 0.383. The summed E-state index contributed by atoms with van der Waals surface area (Å²) >= 11 is 5.88. The number of amides is 1. The molecule has 5 heteroatoms. The maximum absolute atomic E-state index is 12.1. The van der Waals surface area contributed by atoms with Gasteiger partial charge in [-0.15, -0.1) is 0 Å². The van der Waals surface area contributed by atoms with Crippen LogP contribution in [-0.2, 0) is 4.79 Å². The Morgan fingerprint density at radius 2 is 2.10 bits per heavy atom. The minimum Gasteiger partial charge on any atom is -0.493 e. The Labute approximate surface area is 131 Å². The van der Waals surface area contributed by atoms with Gasteiger partial charge in [0.15, 0.2) is 0 Å². The Balaban J connectivity index is 2.56. The van der Waals surface area contributed by atoms with E-state index in [-0.39, 0.29) is 5.91 Å². The van der Waals surface area contributed by atoms with E-state index >= 15 is 0 Å². The Morgan fingerprint density at radius 1 is 1.43 bits per heavy atom. The van der Waals surface area contributed by atoms with Crippen molar-refractivity contribution in [3.8, 4) is 11.8 Å². The standard InChI is InChI=1S/C16H21ClN2O2/c1-4-19(5-2)16(20)13(11-18)8-9-21-15-7-6-14(17)10-12(15)3/h6-7,10,13H,4-5,8-9H2,1-3H3. The summed E-state index contributed by atoms with van der Waals surface area (Å²) in [5.41, 5.74) is 0.936. The van der Waals surface area contributed by atoms with Gasteiger partial charge in [-0.05, 0) is 44.5 Å². The quantitative estimate of drug-likeness (QED) is 0.775. The molecule has 0 radical (unpaired) electrons. The molecule has 1 atom stereocenters. The van der Waals surface area contributed by atoms with E-state index in [1.807, 2.05) is 26.8 Å². The van der Waals surface area contributed by atoms with Gasteiger partial charge >= 0.3 is 0 Å². The fourth-order valence-electron chi connectivity index (χ4n) is 2.06. The lowest BCUT2D eigenvalue weighted by Gasteiger charge is -2.21. The number of ether oxygens (including phenoxy) is 1. The molecule has 0 heterocycles. The average Bonchev–Trinajstić information content (AvgIpc) is 2.46. The molecule has 0 aliphatic rings. The summed E-state index contributed by atoms with van der Waals surface area (Å²) in [6.45, 7) is 7.28. The van der Waals surface area contributed by atoms with Gasteiger partial charge in [-0.25, -0.2) is 0 Å². The Bertz CT molecular complexity index is 521. The molecule has 0 saturated heterocycles. The van der Waals surface area contributed by atoms with E-state index < -0.39 is 5.92 Å². The minimum atomic E-state index is -0.655. The van der Waals surface area contributed by atoms with Crippen LogP contribution in [0.3, 0.4) is 0 Å². The zero-order chi connectivity index (χ0) is 15.8. The van der Waals surface area contributed by atoms with E-state index in [2.05, 4.69) is 6.07 Å². The van der Waals surface area contributed by atoms with Crippen molar-refractivity contribution in [2.45, 2.75) is 27.2 Å². The summed E-state index contributed by atoms with van der Waals surface area (Å²) in [5.74, 6) is -0.0530. The van der Waals surface area contributed by atoms with Crippen molar-refractivity contribution >= 4 is 17.5 Å². The van der Waals surface area contributed by atoms with Crippen LogP contribution in [0.25, 0.3) is 0 Å². The zero-order valence-corrected chi connectivity index (χ0v) is 13.5. The van der Waals surface area contributed by atoms with Gasteiger partial charge in [-0.3, -0.25) is 4.79 Å². The summed E-state index contributed by atoms with van der Waals surface area (Å²) in [7, 11) is 0. The van der Waals surface area contributed by atoms with Crippen molar-refractivity contribution in [2.75, 3.05) is 19.7 Å². The first-order valence-electron chi connectivity index (χ1n) is 7.10. The van der Waals surface area contributed by atoms with Crippen molar-refractivity contribution in [3.05, 3.63) is 28.8 Å². The lowest BCUT2D eigenvalue weighted by atomic mass is 10.1. The normalized spacial score (nSPS) is 11.6. The molecule has 21 heavy (non-hydrogen) atoms. The molecule has 0 spiro atoms. The first-order valence-corrected chi connectivity index (χ1v) is 7.48. The molecule has 0 aliphatic heterocycles. The van der Waals surface area contributed by atoms with Crippen LogP contribution in [0, 0.1) is 24.2 Å². The lowest BCUT2D eigenvalue weighted by molar-refractivity contribution is -0.133. The van der Waals surface area contributed by atoms with Gasteiger partial charge in [0.25, 0.3) is 0 Å². The van der Waals surface area contributed by atoms with Gasteiger partial charge in [0.2, 0.25) is 5.91 Å². The van der Waals surface area contributed by atoms with Gasteiger partial charge in [-0.2, -0.15) is 5.26 Å². The monoisotopic (exact) mass is 308 g/mol. The fraction of sp³-hybridized carbons (Fsp3) is 0.500. The number of aryl methyl sites for hydroxylation is 1. The first-order chi connectivity index (χ1) is 10.0. The van der Waals surface area contributed by atoms with Crippen LogP contribution < -0.4 is 4.74 Å². The van der Waals surface area contributed by atoms with Crippen LogP contribution in [0.2, 0.25) is 5.02 Å². The van der Waals surface area contributed by atoms with Crippen LogP contribution in [0.15, 0.2) is 18.2 Å². The number of rotatable bonds is 7. The van der Waals surface area contributed by atoms with E-state index in [1.165, 1.54) is 0 Å². The lowest BCUT2D eigenvalue weighted by Crippen LogP contribution is -2.36. The molecule has 1 aromatic rings. The van der Waals surface area contributed by atoms with Crippen molar-refractivity contribution < 1.29 is 9.53 Å². The van der Waals surface area contributed by atoms with E-state index in [0.29, 0.717) is 31.1 Å². The third-order valence-corrected chi connectivity index (χ3v) is 3.57. The van der Waals surface area contributed by atoms with Gasteiger partial charge in [0.1, 0.15) is 11.7 Å². The zero-order valence-electron chi connectivity index (χ0n) is 12.7. The van der Waals surface area contributed by atoms with E-state index in [0.717, 1.165) is 11.3 Å². The molecule has 0 saturated carbocycles. The highest BCUT2D eigenvalue weighted by Crippen LogP contribution is 2.22. The van der Waals surface area contributed by atoms with Crippen LogP contribution in [0.5, 0.6) is 5.75 Å². The second-order valence-corrected chi connectivity index (χ2v) is 5.18. The molecule has 0 aromatic heterocycles. The predicted molar refractivity (Wildman–Crippen MR) is 83.3 cm³/mol. The van der Waals surface area contributed by atoms with Gasteiger partial charge in [-0.1, -0.05) is 11.6 Å². The highest BCUT2D eigenvalue weighted by molar-refractivity contribution is 6.30. The molecule has 1 amide bonds. The largest absolute Gasteiger partial charge is 0.493 e. The summed E-state index contributed by atoms with van der Waals surface area (Å²) < 4.78 is 5.64. The number of nitrogens with zero attached hydrogens (tertiary/aromatic N) is 2. The number of halogens is 1. The van der Waals surface area contributed by atoms with E-state index in [4.69, 9.17) is 21.6 Å². The molecular weight excluding hydrogens is 288 g/mol. The van der Waals surface area contributed by atoms with Crippen molar-refractivity contribution in [3.63, 3.8) is 0 Å². The fourth-order valence-corrected chi connectivity index (χ4v) is 2.29. The summed E-state index contributed by atoms with van der Waals surface area (Å²) in [6, 6.07) is 7.44. The van der Waals surface area contributed by atoms with Crippen molar-refractivity contribution in [2.24, 2.45) is 5.92 Å². The molecule has 1 aromatic carbocycles. The van der Waals surface area contributed by atoms with Gasteiger partial charge in [0.05, 0.1) is 12.7 Å². The van der Waals surface area contributed by atoms with E-state index in [1.54, 1.807) is 17.0 Å². The van der Waals surface area contributed by atoms with Gasteiger partial charge < -0.3 is 9.64 Å². The average molecular weight is 309 g/mol. The third-order valence-electron chi connectivity index (χ3n) is 3.33. The molecular formula is C16H21ClN2O2. The van der Waals surface area contributed by atoms with Crippen LogP contribution in [0.4, 0.5) is 0 Å². The SMILES string of the molecule is CCN(CC)C(=O)C(C#N)CCOc1ccc(Cl)cc1C. The molecule has 0 bridgehead atoms. The molecule has 0 fully saturated rings. The van der Waals surface area contributed by atoms with Gasteiger partial charge in [0, 0.05) is 24.5 Å². The summed E-state index contributed by atoms with van der Waals surface area (Å²) in [5, 5.41) is 9.81. The maximum atomic E-state index is 12.1. The number of carbonyl (C=O) groups is 1. The number of benzene rings is 1. The van der Waals surface area contributed by atoms with Crippen molar-refractivity contribution in [1.29, 1.82) is 5.26 Å². The number of carbonyl (C=O) groups excluding carboxylic acids is 1. The molecule has 1 rings (SSSR count). The van der Waals surface area contributed by atoms with Crippen LogP contribution in [-0.4, -0.2) is 30.5 Å². The molecule has 114 valence electrons. The molecule has 1 unspecified atom stereocenters. The predicted octanol–water partition coefficient (Wildman–Crippen LogP) is 3.43. The van der Waals surface area contributed by atoms with Crippen molar-refractivity contribution in [1.82, 2.24) is 4.90 Å². The highest BCUT2D eigenvalue weighted by Gasteiger charge is 2.22. The Kier molecular flexibility index (Phi) is 7.04. The topological polar surface area (TPSA) is 53.3 Å². The maximum Gasteiger partial charge on any atom is 0.240 e. The number of nitriles is 1. The highest BCUT2D eigenvalue weighted by atomic mass is 35.5. The summed E-state index contributed by atoms with van der Waals surface area (Å²) in [4.78, 5) is 13.8.